The molecule has 10 heteroatoms. The van der Waals surface area contributed by atoms with Crippen molar-refractivity contribution in [2.45, 2.75) is 57.6 Å². The summed E-state index contributed by atoms with van der Waals surface area (Å²) >= 11 is 6.34. The summed E-state index contributed by atoms with van der Waals surface area (Å²) in [6.45, 7) is 2.02. The van der Waals surface area contributed by atoms with Gasteiger partial charge in [-0.05, 0) is 37.0 Å². The Balaban J connectivity index is 1.75. The number of benzene rings is 2. The molecule has 36 heavy (non-hydrogen) atoms. The van der Waals surface area contributed by atoms with Gasteiger partial charge in [0, 0.05) is 30.8 Å². The lowest BCUT2D eigenvalue weighted by molar-refractivity contribution is -0.137. The smallest absolute Gasteiger partial charge is 0.342 e. The number of carboxylic acids is 1. The minimum Gasteiger partial charge on any atom is -0.506 e. The number of cyclic esters (lactones) is 1. The number of nitrogens with one attached hydrogen (secondary N) is 2. The van der Waals surface area contributed by atoms with Crippen molar-refractivity contribution < 1.29 is 34.1 Å². The first-order valence-electron chi connectivity index (χ1n) is 11.8. The molecule has 0 spiro atoms. The molecule has 1 heterocycles. The molecule has 0 fully saturated rings. The van der Waals surface area contributed by atoms with Crippen molar-refractivity contribution in [2.75, 3.05) is 6.54 Å². The molecule has 3 rings (SSSR count). The Hall–Kier alpha value is -3.59. The summed E-state index contributed by atoms with van der Waals surface area (Å²) < 4.78 is 5.18. The molecular formula is C26H29ClN2O7. The normalized spacial score (nSPS) is 15.4. The van der Waals surface area contributed by atoms with Gasteiger partial charge in [0.05, 0.1) is 5.56 Å². The maximum atomic E-state index is 13.1. The predicted octanol–water partition coefficient (Wildman–Crippen LogP) is 3.25. The molecule has 0 aromatic heterocycles. The van der Waals surface area contributed by atoms with Gasteiger partial charge in [-0.2, -0.15) is 0 Å². The second kappa shape index (κ2) is 12.4. The Morgan fingerprint density at radius 3 is 2.58 bits per heavy atom. The van der Waals surface area contributed by atoms with Crippen LogP contribution in [-0.4, -0.2) is 52.7 Å². The SMILES string of the molecule is CC1Cc2c(Cl)cc(C(=O)NC(Cc3ccccc3)C(=O)NCCCCCC(=O)O)c(O)c2C(=O)O1. The zero-order chi connectivity index (χ0) is 26.2. The number of fused-ring (bicyclic) bond motifs is 1. The van der Waals surface area contributed by atoms with Crippen LogP contribution in [-0.2, 0) is 27.2 Å². The van der Waals surface area contributed by atoms with E-state index in [4.69, 9.17) is 21.4 Å². The lowest BCUT2D eigenvalue weighted by Gasteiger charge is -2.25. The molecule has 0 saturated carbocycles. The van der Waals surface area contributed by atoms with Crippen molar-refractivity contribution in [3.8, 4) is 5.75 Å². The van der Waals surface area contributed by atoms with Gasteiger partial charge >= 0.3 is 11.9 Å². The van der Waals surface area contributed by atoms with Gasteiger partial charge in [0.1, 0.15) is 23.5 Å². The molecule has 0 bridgehead atoms. The second-order valence-corrected chi connectivity index (χ2v) is 9.15. The second-order valence-electron chi connectivity index (χ2n) is 8.74. The van der Waals surface area contributed by atoms with Crippen LogP contribution in [0.25, 0.3) is 0 Å². The summed E-state index contributed by atoms with van der Waals surface area (Å²) in [5.41, 5.74) is 0.849. The van der Waals surface area contributed by atoms with E-state index < -0.39 is 41.6 Å². The fraction of sp³-hybridized carbons (Fsp3) is 0.385. The minimum atomic E-state index is -0.972. The molecule has 2 aromatic rings. The first-order valence-corrected chi connectivity index (χ1v) is 12.1. The molecule has 0 saturated heterocycles. The van der Waals surface area contributed by atoms with Crippen LogP contribution < -0.4 is 10.6 Å². The van der Waals surface area contributed by atoms with Crippen LogP contribution in [0.15, 0.2) is 36.4 Å². The molecule has 9 nitrogen and oxygen atoms in total. The van der Waals surface area contributed by atoms with Gasteiger partial charge in [-0.25, -0.2) is 4.79 Å². The quantitative estimate of drug-likeness (QED) is 0.265. The summed E-state index contributed by atoms with van der Waals surface area (Å²) in [6, 6.07) is 9.43. The van der Waals surface area contributed by atoms with Gasteiger partial charge in [-0.3, -0.25) is 14.4 Å². The van der Waals surface area contributed by atoms with Gasteiger partial charge in [0.15, 0.2) is 0 Å². The number of carbonyl (C=O) groups is 4. The fourth-order valence-electron chi connectivity index (χ4n) is 4.05. The van der Waals surface area contributed by atoms with Crippen molar-refractivity contribution in [1.82, 2.24) is 10.6 Å². The van der Waals surface area contributed by atoms with Crippen molar-refractivity contribution >= 4 is 35.4 Å². The number of ether oxygens (including phenoxy) is 1. The number of halogens is 1. The summed E-state index contributed by atoms with van der Waals surface area (Å²) in [4.78, 5) is 49.1. The van der Waals surface area contributed by atoms with Crippen molar-refractivity contribution in [2.24, 2.45) is 0 Å². The number of amides is 2. The van der Waals surface area contributed by atoms with Crippen LogP contribution in [0.2, 0.25) is 5.02 Å². The number of hydrogen-bond acceptors (Lipinski definition) is 6. The number of phenols is 1. The summed E-state index contributed by atoms with van der Waals surface area (Å²) in [7, 11) is 0. The van der Waals surface area contributed by atoms with Gasteiger partial charge in [0.2, 0.25) is 5.91 Å². The Bertz CT molecular complexity index is 1140. The van der Waals surface area contributed by atoms with Crippen LogP contribution in [0.5, 0.6) is 5.75 Å². The Labute approximate surface area is 213 Å². The van der Waals surface area contributed by atoms with E-state index in [1.807, 2.05) is 30.3 Å². The predicted molar refractivity (Wildman–Crippen MR) is 132 cm³/mol. The van der Waals surface area contributed by atoms with Crippen LogP contribution in [0.1, 0.15) is 64.4 Å². The molecule has 1 aliphatic heterocycles. The molecule has 0 radical (unpaired) electrons. The Kier molecular flexibility index (Phi) is 9.30. The lowest BCUT2D eigenvalue weighted by Crippen LogP contribution is -2.48. The number of carboxylic acid groups (broad SMARTS) is 1. The third kappa shape index (κ3) is 6.97. The van der Waals surface area contributed by atoms with Crippen molar-refractivity contribution in [3.05, 3.63) is 63.7 Å². The van der Waals surface area contributed by atoms with Gasteiger partial charge < -0.3 is 25.6 Å². The zero-order valence-corrected chi connectivity index (χ0v) is 20.6. The minimum absolute atomic E-state index is 0.0694. The molecule has 4 N–H and O–H groups in total. The number of aromatic hydroxyl groups is 1. The summed E-state index contributed by atoms with van der Waals surface area (Å²) in [5.74, 6) is -3.36. The van der Waals surface area contributed by atoms with Gasteiger partial charge in [-0.1, -0.05) is 48.4 Å². The average molecular weight is 517 g/mol. The summed E-state index contributed by atoms with van der Waals surface area (Å²) in [6.07, 6.45) is 1.89. The largest absolute Gasteiger partial charge is 0.506 e. The molecule has 192 valence electrons. The van der Waals surface area contributed by atoms with E-state index in [0.29, 0.717) is 37.8 Å². The molecular weight excluding hydrogens is 488 g/mol. The number of hydrogen-bond donors (Lipinski definition) is 4. The average Bonchev–Trinajstić information content (AvgIpc) is 2.83. The molecule has 2 unspecified atom stereocenters. The molecule has 2 amide bonds. The Morgan fingerprint density at radius 1 is 1.17 bits per heavy atom. The number of carbonyl (C=O) groups excluding carboxylic acids is 3. The number of rotatable bonds is 11. The van der Waals surface area contributed by atoms with Crippen LogP contribution in [0.3, 0.4) is 0 Å². The number of phenolic OH excluding ortho intramolecular Hbond substituents is 1. The highest BCUT2D eigenvalue weighted by molar-refractivity contribution is 6.32. The number of esters is 1. The van der Waals surface area contributed by atoms with E-state index in [0.717, 1.165) is 5.56 Å². The Morgan fingerprint density at radius 2 is 1.89 bits per heavy atom. The van der Waals surface area contributed by atoms with Crippen LogP contribution in [0.4, 0.5) is 0 Å². The maximum Gasteiger partial charge on any atom is 0.342 e. The van der Waals surface area contributed by atoms with E-state index in [1.54, 1.807) is 6.92 Å². The summed E-state index contributed by atoms with van der Waals surface area (Å²) in [5, 5.41) is 25.0. The highest BCUT2D eigenvalue weighted by Crippen LogP contribution is 2.36. The van der Waals surface area contributed by atoms with Crippen LogP contribution in [0, 0.1) is 0 Å². The maximum absolute atomic E-state index is 13.1. The first kappa shape index (κ1) is 27.0. The van der Waals surface area contributed by atoms with E-state index >= 15 is 0 Å². The van der Waals surface area contributed by atoms with E-state index in [9.17, 15) is 24.3 Å². The topological polar surface area (TPSA) is 142 Å². The van der Waals surface area contributed by atoms with E-state index in [-0.39, 0.29) is 29.0 Å². The van der Waals surface area contributed by atoms with Gasteiger partial charge in [-0.15, -0.1) is 0 Å². The highest BCUT2D eigenvalue weighted by atomic mass is 35.5. The first-order chi connectivity index (χ1) is 17.2. The lowest BCUT2D eigenvalue weighted by atomic mass is 9.95. The number of aliphatic carboxylic acids is 1. The highest BCUT2D eigenvalue weighted by Gasteiger charge is 2.33. The van der Waals surface area contributed by atoms with Crippen LogP contribution >= 0.6 is 11.6 Å². The molecule has 2 aromatic carbocycles. The zero-order valence-electron chi connectivity index (χ0n) is 19.9. The molecule has 2 atom stereocenters. The third-order valence-corrected chi connectivity index (χ3v) is 6.21. The standard InChI is InChI=1S/C26H29ClN2O7/c1-15-12-17-19(27)14-18(23(32)22(17)26(35)36-15)24(33)29-20(13-16-8-4-2-5-9-16)25(34)28-11-7-3-6-10-21(30)31/h2,4-5,8-9,14-15,20,32H,3,6-7,10-13H2,1H3,(H,28,34)(H,29,33)(H,30,31). The monoisotopic (exact) mass is 516 g/mol. The third-order valence-electron chi connectivity index (χ3n) is 5.87. The van der Waals surface area contributed by atoms with E-state index in [2.05, 4.69) is 10.6 Å². The van der Waals surface area contributed by atoms with E-state index in [1.165, 1.54) is 6.07 Å². The fourth-order valence-corrected chi connectivity index (χ4v) is 4.33. The van der Waals surface area contributed by atoms with Gasteiger partial charge in [0.25, 0.3) is 5.91 Å². The molecule has 1 aliphatic rings. The van der Waals surface area contributed by atoms with Crippen molar-refractivity contribution in [3.63, 3.8) is 0 Å². The molecule has 0 aliphatic carbocycles. The number of unbranched alkanes of at least 4 members (excludes halogenated alkanes) is 2. The van der Waals surface area contributed by atoms with Crippen molar-refractivity contribution in [1.29, 1.82) is 0 Å².